The van der Waals surface area contributed by atoms with Gasteiger partial charge in [0.05, 0.1) is 18.3 Å². The lowest BCUT2D eigenvalue weighted by Gasteiger charge is -2.14. The second kappa shape index (κ2) is 6.70. The highest BCUT2D eigenvalue weighted by Crippen LogP contribution is 2.10. The molecule has 5 nitrogen and oxygen atoms in total. The molecule has 0 radical (unpaired) electrons. The van der Waals surface area contributed by atoms with Gasteiger partial charge in [0.25, 0.3) is 0 Å². The zero-order valence-corrected chi connectivity index (χ0v) is 11.5. The van der Waals surface area contributed by atoms with E-state index in [9.17, 15) is 0 Å². The molecule has 2 rings (SSSR count). The van der Waals surface area contributed by atoms with Crippen molar-refractivity contribution in [3.63, 3.8) is 0 Å². The van der Waals surface area contributed by atoms with Gasteiger partial charge >= 0.3 is 0 Å². The Morgan fingerprint density at radius 3 is 3.22 bits per heavy atom. The van der Waals surface area contributed by atoms with Gasteiger partial charge in [-0.1, -0.05) is 0 Å². The van der Waals surface area contributed by atoms with Gasteiger partial charge in [0.2, 0.25) is 0 Å². The standard InChI is InChI=1S/C12H20N4OS/c1-2-16-10(5-6-15-16)8-13-12(18)14-9-11-4-3-7-17-11/h5-6,11H,2-4,7-9H2,1H3,(H2,13,14,18). The van der Waals surface area contributed by atoms with Gasteiger partial charge in [0.1, 0.15) is 0 Å². The number of hydrogen-bond acceptors (Lipinski definition) is 3. The van der Waals surface area contributed by atoms with Crippen LogP contribution in [0.4, 0.5) is 0 Å². The number of thiocarbonyl (C=S) groups is 1. The molecule has 6 heteroatoms. The molecule has 100 valence electrons. The summed E-state index contributed by atoms with van der Waals surface area (Å²) in [5.41, 5.74) is 1.14. The average Bonchev–Trinajstić information content (AvgIpc) is 3.04. The van der Waals surface area contributed by atoms with Crippen LogP contribution in [0.1, 0.15) is 25.5 Å². The zero-order chi connectivity index (χ0) is 12.8. The first kappa shape index (κ1) is 13.3. The Morgan fingerprint density at radius 2 is 2.50 bits per heavy atom. The lowest BCUT2D eigenvalue weighted by Crippen LogP contribution is -2.39. The lowest BCUT2D eigenvalue weighted by molar-refractivity contribution is 0.114. The van der Waals surface area contributed by atoms with E-state index in [1.54, 1.807) is 0 Å². The van der Waals surface area contributed by atoms with Crippen molar-refractivity contribution in [1.82, 2.24) is 20.4 Å². The smallest absolute Gasteiger partial charge is 0.166 e. The summed E-state index contributed by atoms with van der Waals surface area (Å²) in [6.45, 7) is 5.32. The Labute approximate surface area is 113 Å². The SMILES string of the molecule is CCn1nccc1CNC(=S)NCC1CCCO1. The van der Waals surface area contributed by atoms with Gasteiger partial charge in [-0.15, -0.1) is 0 Å². The molecular formula is C12H20N4OS. The van der Waals surface area contributed by atoms with Gasteiger partial charge in [-0.2, -0.15) is 5.10 Å². The number of hydrogen-bond donors (Lipinski definition) is 2. The Balaban J connectivity index is 1.68. The molecule has 1 atom stereocenters. The number of aryl methyl sites for hydroxylation is 1. The van der Waals surface area contributed by atoms with Gasteiger partial charge in [-0.25, -0.2) is 0 Å². The van der Waals surface area contributed by atoms with Gasteiger partial charge in [-0.05, 0) is 38.0 Å². The fourth-order valence-electron chi connectivity index (χ4n) is 2.04. The summed E-state index contributed by atoms with van der Waals surface area (Å²) in [4.78, 5) is 0. The van der Waals surface area contributed by atoms with E-state index < -0.39 is 0 Å². The first-order chi connectivity index (χ1) is 8.79. The van der Waals surface area contributed by atoms with Crippen LogP contribution < -0.4 is 10.6 Å². The van der Waals surface area contributed by atoms with Crippen LogP contribution >= 0.6 is 12.2 Å². The van der Waals surface area contributed by atoms with Crippen molar-refractivity contribution < 1.29 is 4.74 Å². The number of ether oxygens (including phenoxy) is 1. The summed E-state index contributed by atoms with van der Waals surface area (Å²) in [6.07, 6.45) is 4.40. The highest BCUT2D eigenvalue weighted by molar-refractivity contribution is 7.80. The third kappa shape index (κ3) is 3.68. The molecule has 0 spiro atoms. The molecule has 1 unspecified atom stereocenters. The fraction of sp³-hybridized carbons (Fsp3) is 0.667. The molecule has 0 aliphatic carbocycles. The van der Waals surface area contributed by atoms with Crippen LogP contribution in [0.2, 0.25) is 0 Å². The van der Waals surface area contributed by atoms with Crippen LogP contribution in [0.5, 0.6) is 0 Å². The Morgan fingerprint density at radius 1 is 1.61 bits per heavy atom. The Kier molecular flexibility index (Phi) is 4.95. The summed E-state index contributed by atoms with van der Waals surface area (Å²) in [6, 6.07) is 2.00. The fourth-order valence-corrected chi connectivity index (χ4v) is 2.20. The monoisotopic (exact) mass is 268 g/mol. The van der Waals surface area contributed by atoms with Crippen LogP contribution in [0.15, 0.2) is 12.3 Å². The van der Waals surface area contributed by atoms with Crippen LogP contribution in [-0.2, 0) is 17.8 Å². The normalized spacial score (nSPS) is 18.8. The van der Waals surface area contributed by atoms with Crippen molar-refractivity contribution in [3.05, 3.63) is 18.0 Å². The summed E-state index contributed by atoms with van der Waals surface area (Å²) in [5, 5.41) is 11.3. The molecule has 0 bridgehead atoms. The molecule has 1 fully saturated rings. The van der Waals surface area contributed by atoms with Gasteiger partial charge < -0.3 is 15.4 Å². The molecule has 1 aliphatic rings. The van der Waals surface area contributed by atoms with E-state index in [2.05, 4.69) is 22.7 Å². The summed E-state index contributed by atoms with van der Waals surface area (Å²) >= 11 is 5.23. The number of aromatic nitrogens is 2. The minimum Gasteiger partial charge on any atom is -0.376 e. The van der Waals surface area contributed by atoms with E-state index in [-0.39, 0.29) is 0 Å². The molecule has 1 aromatic rings. The van der Waals surface area contributed by atoms with E-state index in [1.807, 2.05) is 16.9 Å². The molecule has 1 aliphatic heterocycles. The van der Waals surface area contributed by atoms with Crippen LogP contribution in [0.25, 0.3) is 0 Å². The van der Waals surface area contributed by atoms with Crippen molar-refractivity contribution in [3.8, 4) is 0 Å². The van der Waals surface area contributed by atoms with E-state index in [4.69, 9.17) is 17.0 Å². The first-order valence-electron chi connectivity index (χ1n) is 6.43. The average molecular weight is 268 g/mol. The van der Waals surface area contributed by atoms with E-state index in [0.717, 1.165) is 38.2 Å². The summed E-state index contributed by atoms with van der Waals surface area (Å²) in [7, 11) is 0. The van der Waals surface area contributed by atoms with E-state index in [0.29, 0.717) is 17.8 Å². The topological polar surface area (TPSA) is 51.1 Å². The molecule has 2 N–H and O–H groups in total. The van der Waals surface area contributed by atoms with Crippen LogP contribution in [-0.4, -0.2) is 34.1 Å². The third-order valence-electron chi connectivity index (χ3n) is 3.05. The Bertz CT molecular complexity index is 387. The minimum atomic E-state index is 0.311. The third-order valence-corrected chi connectivity index (χ3v) is 3.34. The van der Waals surface area contributed by atoms with Crippen LogP contribution in [0.3, 0.4) is 0 Å². The molecule has 1 saturated heterocycles. The van der Waals surface area contributed by atoms with Crippen molar-refractivity contribution in [2.45, 2.75) is 39.0 Å². The van der Waals surface area contributed by atoms with Crippen molar-refractivity contribution in [1.29, 1.82) is 0 Å². The minimum absolute atomic E-state index is 0.311. The molecular weight excluding hydrogens is 248 g/mol. The van der Waals surface area contributed by atoms with Crippen molar-refractivity contribution in [2.24, 2.45) is 0 Å². The number of rotatable bonds is 5. The van der Waals surface area contributed by atoms with Gasteiger partial charge in [0, 0.05) is 25.9 Å². The van der Waals surface area contributed by atoms with Gasteiger partial charge in [0.15, 0.2) is 5.11 Å². The number of nitrogens with one attached hydrogen (secondary N) is 2. The molecule has 2 heterocycles. The maximum atomic E-state index is 5.53. The molecule has 0 saturated carbocycles. The van der Waals surface area contributed by atoms with Crippen molar-refractivity contribution in [2.75, 3.05) is 13.2 Å². The molecule has 1 aromatic heterocycles. The highest BCUT2D eigenvalue weighted by Gasteiger charge is 2.15. The van der Waals surface area contributed by atoms with Crippen molar-refractivity contribution >= 4 is 17.3 Å². The summed E-state index contributed by atoms with van der Waals surface area (Å²) in [5.74, 6) is 0. The second-order valence-electron chi connectivity index (χ2n) is 4.34. The van der Waals surface area contributed by atoms with E-state index in [1.165, 1.54) is 0 Å². The lowest BCUT2D eigenvalue weighted by atomic mass is 10.2. The molecule has 0 amide bonds. The predicted molar refractivity (Wildman–Crippen MR) is 74.3 cm³/mol. The zero-order valence-electron chi connectivity index (χ0n) is 10.7. The quantitative estimate of drug-likeness (QED) is 0.782. The maximum Gasteiger partial charge on any atom is 0.166 e. The predicted octanol–water partition coefficient (Wildman–Crippen LogP) is 1.05. The molecule has 0 aromatic carbocycles. The maximum absolute atomic E-state index is 5.53. The highest BCUT2D eigenvalue weighted by atomic mass is 32.1. The van der Waals surface area contributed by atoms with Gasteiger partial charge in [-0.3, -0.25) is 4.68 Å². The van der Waals surface area contributed by atoms with E-state index >= 15 is 0 Å². The second-order valence-corrected chi connectivity index (χ2v) is 4.75. The van der Waals surface area contributed by atoms with Crippen LogP contribution in [0, 0.1) is 0 Å². The first-order valence-corrected chi connectivity index (χ1v) is 6.84. The number of nitrogens with zero attached hydrogens (tertiary/aromatic N) is 2. The molecule has 18 heavy (non-hydrogen) atoms. The largest absolute Gasteiger partial charge is 0.376 e. The summed E-state index contributed by atoms with van der Waals surface area (Å²) < 4.78 is 7.48. The Hall–Kier alpha value is -1.14.